The van der Waals surface area contributed by atoms with Gasteiger partial charge in [0.1, 0.15) is 0 Å². The molecule has 0 spiro atoms. The molecular formula is C15H31IN4O. The average molecular weight is 410 g/mol. The van der Waals surface area contributed by atoms with Gasteiger partial charge in [0.25, 0.3) is 0 Å². The van der Waals surface area contributed by atoms with Crippen molar-refractivity contribution in [1.29, 1.82) is 0 Å². The van der Waals surface area contributed by atoms with Crippen molar-refractivity contribution in [1.82, 2.24) is 15.5 Å². The minimum Gasteiger partial charge on any atom is -0.356 e. The van der Waals surface area contributed by atoms with E-state index in [0.717, 1.165) is 25.3 Å². The molecule has 6 heteroatoms. The Hall–Kier alpha value is -0.530. The Bertz CT molecular complexity index is 352. The lowest BCUT2D eigenvalue weighted by molar-refractivity contribution is -0.134. The zero-order valence-electron chi connectivity index (χ0n) is 14.0. The number of aliphatic imine (C=N–C) groups is 1. The number of amides is 1. The summed E-state index contributed by atoms with van der Waals surface area (Å²) in [6.45, 7) is 9.93. The molecule has 0 saturated carbocycles. The number of carbonyl (C=O) groups is 1. The van der Waals surface area contributed by atoms with Crippen molar-refractivity contribution in [3.05, 3.63) is 0 Å². The van der Waals surface area contributed by atoms with Crippen molar-refractivity contribution in [2.24, 2.45) is 4.99 Å². The van der Waals surface area contributed by atoms with Crippen LogP contribution in [0.1, 0.15) is 53.4 Å². The molecule has 0 aromatic rings. The first-order chi connectivity index (χ1) is 9.33. The number of halogens is 1. The third kappa shape index (κ3) is 7.87. The highest BCUT2D eigenvalue weighted by molar-refractivity contribution is 14.0. The Kier molecular flexibility index (Phi) is 9.24. The Morgan fingerprint density at radius 3 is 2.52 bits per heavy atom. The van der Waals surface area contributed by atoms with E-state index in [4.69, 9.17) is 0 Å². The normalized spacial score (nSPS) is 19.8. The Labute approximate surface area is 146 Å². The predicted molar refractivity (Wildman–Crippen MR) is 99.3 cm³/mol. The van der Waals surface area contributed by atoms with Crippen molar-refractivity contribution in [2.45, 2.75) is 65.0 Å². The first kappa shape index (κ1) is 20.5. The summed E-state index contributed by atoms with van der Waals surface area (Å²) in [5.74, 6) is 0.993. The van der Waals surface area contributed by atoms with Crippen molar-refractivity contribution in [3.63, 3.8) is 0 Å². The smallest absolute Gasteiger partial charge is 0.224 e. The molecule has 1 unspecified atom stereocenters. The highest BCUT2D eigenvalue weighted by atomic mass is 127. The number of likely N-dealkylation sites (tertiary alicyclic amines) is 1. The van der Waals surface area contributed by atoms with E-state index in [9.17, 15) is 4.79 Å². The van der Waals surface area contributed by atoms with Crippen LogP contribution in [0.5, 0.6) is 0 Å². The second kappa shape index (κ2) is 9.48. The third-order valence-electron chi connectivity index (χ3n) is 3.47. The highest BCUT2D eigenvalue weighted by Crippen LogP contribution is 2.16. The van der Waals surface area contributed by atoms with Crippen LogP contribution in [0.15, 0.2) is 4.99 Å². The maximum absolute atomic E-state index is 12.2. The van der Waals surface area contributed by atoms with E-state index >= 15 is 0 Å². The molecule has 2 N–H and O–H groups in total. The number of guanidine groups is 1. The number of nitrogens with one attached hydrogen (secondary N) is 2. The van der Waals surface area contributed by atoms with E-state index in [1.54, 1.807) is 7.05 Å². The predicted octanol–water partition coefficient (Wildman–Crippen LogP) is 2.36. The summed E-state index contributed by atoms with van der Waals surface area (Å²) in [4.78, 5) is 18.4. The van der Waals surface area contributed by atoms with Gasteiger partial charge in [-0.1, -0.05) is 0 Å². The summed E-state index contributed by atoms with van der Waals surface area (Å²) in [5, 5.41) is 6.48. The molecule has 1 heterocycles. The number of carbonyl (C=O) groups excluding carboxylic acids is 1. The maximum Gasteiger partial charge on any atom is 0.224 e. The van der Waals surface area contributed by atoms with E-state index in [2.05, 4.69) is 43.3 Å². The molecule has 0 aromatic heterocycles. The van der Waals surface area contributed by atoms with E-state index in [0.29, 0.717) is 19.0 Å². The van der Waals surface area contributed by atoms with Crippen LogP contribution in [0.2, 0.25) is 0 Å². The van der Waals surface area contributed by atoms with Gasteiger partial charge >= 0.3 is 0 Å². The van der Waals surface area contributed by atoms with Crippen LogP contribution in [0, 0.1) is 0 Å². The Balaban J connectivity index is 0.00000400. The summed E-state index contributed by atoms with van der Waals surface area (Å²) in [5.41, 5.74) is -0.0345. The van der Waals surface area contributed by atoms with Gasteiger partial charge in [0.2, 0.25) is 5.91 Å². The summed E-state index contributed by atoms with van der Waals surface area (Å²) in [6.07, 6.45) is 4.03. The second-order valence-corrected chi connectivity index (χ2v) is 6.56. The van der Waals surface area contributed by atoms with Gasteiger partial charge in [-0.05, 0) is 47.0 Å². The third-order valence-corrected chi connectivity index (χ3v) is 3.47. The van der Waals surface area contributed by atoms with Gasteiger partial charge in [-0.2, -0.15) is 0 Å². The molecule has 1 aliphatic rings. The number of hydrogen-bond donors (Lipinski definition) is 2. The topological polar surface area (TPSA) is 56.7 Å². The van der Waals surface area contributed by atoms with Crippen LogP contribution < -0.4 is 10.6 Å². The van der Waals surface area contributed by atoms with Crippen LogP contribution in [-0.2, 0) is 4.79 Å². The fourth-order valence-corrected chi connectivity index (χ4v) is 2.43. The summed E-state index contributed by atoms with van der Waals surface area (Å²) < 4.78 is 0. The summed E-state index contributed by atoms with van der Waals surface area (Å²) in [6, 6.07) is 0.392. The molecule has 0 aromatic carbocycles. The van der Waals surface area contributed by atoms with Gasteiger partial charge < -0.3 is 15.5 Å². The molecule has 0 radical (unpaired) electrons. The molecular weight excluding hydrogens is 379 g/mol. The van der Waals surface area contributed by atoms with Crippen LogP contribution >= 0.6 is 24.0 Å². The zero-order valence-corrected chi connectivity index (χ0v) is 16.4. The lowest BCUT2D eigenvalue weighted by Gasteiger charge is -2.33. The molecule has 1 amide bonds. The molecule has 1 aliphatic heterocycles. The van der Waals surface area contributed by atoms with Gasteiger partial charge in [0.05, 0.1) is 0 Å². The molecule has 5 nitrogen and oxygen atoms in total. The Morgan fingerprint density at radius 1 is 1.33 bits per heavy atom. The lowest BCUT2D eigenvalue weighted by Crippen LogP contribution is -2.48. The van der Waals surface area contributed by atoms with Gasteiger partial charge in [-0.3, -0.25) is 9.79 Å². The first-order valence-corrected chi connectivity index (χ1v) is 7.62. The van der Waals surface area contributed by atoms with Crippen LogP contribution in [-0.4, -0.2) is 48.5 Å². The number of nitrogens with zero attached hydrogens (tertiary/aromatic N) is 2. The van der Waals surface area contributed by atoms with E-state index in [1.807, 2.05) is 4.90 Å². The SMILES string of the molecule is CN=C(NCCC(=O)N1CCCCC1C)NC(C)(C)C.I. The zero-order chi connectivity index (χ0) is 15.2. The van der Waals surface area contributed by atoms with Gasteiger partial charge in [-0.25, -0.2) is 0 Å². The molecule has 21 heavy (non-hydrogen) atoms. The van der Waals surface area contributed by atoms with Crippen LogP contribution in [0.3, 0.4) is 0 Å². The van der Waals surface area contributed by atoms with Crippen LogP contribution in [0.4, 0.5) is 0 Å². The van der Waals surface area contributed by atoms with Crippen molar-refractivity contribution < 1.29 is 4.79 Å². The Morgan fingerprint density at radius 2 is 2.00 bits per heavy atom. The fourth-order valence-electron chi connectivity index (χ4n) is 2.43. The van der Waals surface area contributed by atoms with Crippen molar-refractivity contribution in [3.8, 4) is 0 Å². The fraction of sp³-hybridized carbons (Fsp3) is 0.867. The quantitative estimate of drug-likeness (QED) is 0.427. The highest BCUT2D eigenvalue weighted by Gasteiger charge is 2.22. The molecule has 1 rings (SSSR count). The maximum atomic E-state index is 12.2. The first-order valence-electron chi connectivity index (χ1n) is 7.62. The lowest BCUT2D eigenvalue weighted by atomic mass is 10.0. The van der Waals surface area contributed by atoms with Crippen molar-refractivity contribution in [2.75, 3.05) is 20.1 Å². The average Bonchev–Trinajstić information content (AvgIpc) is 2.36. The molecule has 1 fully saturated rings. The minimum atomic E-state index is -0.0345. The number of hydrogen-bond acceptors (Lipinski definition) is 2. The summed E-state index contributed by atoms with van der Waals surface area (Å²) in [7, 11) is 1.75. The summed E-state index contributed by atoms with van der Waals surface area (Å²) >= 11 is 0. The molecule has 1 saturated heterocycles. The monoisotopic (exact) mass is 410 g/mol. The van der Waals surface area contributed by atoms with Crippen molar-refractivity contribution >= 4 is 35.8 Å². The molecule has 0 bridgehead atoms. The molecule has 0 aliphatic carbocycles. The largest absolute Gasteiger partial charge is 0.356 e. The number of piperidine rings is 1. The molecule has 1 atom stereocenters. The molecule has 124 valence electrons. The van der Waals surface area contributed by atoms with Gasteiger partial charge in [-0.15, -0.1) is 24.0 Å². The minimum absolute atomic E-state index is 0. The van der Waals surface area contributed by atoms with Gasteiger partial charge in [0, 0.05) is 38.1 Å². The number of rotatable bonds is 3. The van der Waals surface area contributed by atoms with Crippen LogP contribution in [0.25, 0.3) is 0 Å². The van der Waals surface area contributed by atoms with Gasteiger partial charge in [0.15, 0.2) is 5.96 Å². The van der Waals surface area contributed by atoms with E-state index in [-0.39, 0.29) is 35.4 Å². The standard InChI is InChI=1S/C15H30N4O.HI/c1-12-8-6-7-11-19(12)13(20)9-10-17-14(16-5)18-15(2,3)4;/h12H,6-11H2,1-5H3,(H2,16,17,18);1H. The van der Waals surface area contributed by atoms with E-state index in [1.165, 1.54) is 6.42 Å². The van der Waals surface area contributed by atoms with E-state index < -0.39 is 0 Å². The second-order valence-electron chi connectivity index (χ2n) is 6.56.